The molecule has 1 aliphatic heterocycles. The lowest BCUT2D eigenvalue weighted by atomic mass is 9.81. The summed E-state index contributed by atoms with van der Waals surface area (Å²) in [6, 6.07) is 15.3. The van der Waals surface area contributed by atoms with Gasteiger partial charge in [0.15, 0.2) is 5.76 Å². The number of para-hydroxylation sites is 1. The SMILES string of the molecule is CCO[C@@H]1OC(C(=O)NCCc2c[nH]c3ccc(OC)cc23)=C[C@H](c2c(C)n(C)n(-c3ccccc3)c2=O)[C@@H]1CCOCCOCCO. The van der Waals surface area contributed by atoms with Crippen molar-refractivity contribution in [1.82, 2.24) is 19.7 Å². The minimum absolute atomic E-state index is 0.0471. The van der Waals surface area contributed by atoms with Crippen LogP contribution in [0.15, 0.2) is 71.4 Å². The number of rotatable bonds is 17. The van der Waals surface area contributed by atoms with Gasteiger partial charge in [0.2, 0.25) is 6.29 Å². The highest BCUT2D eigenvalue weighted by Gasteiger charge is 2.41. The summed E-state index contributed by atoms with van der Waals surface area (Å²) in [6.45, 7) is 5.78. The number of hydrogen-bond donors (Lipinski definition) is 3. The third-order valence-electron chi connectivity index (χ3n) is 8.73. The molecule has 5 rings (SSSR count). The fourth-order valence-corrected chi connectivity index (χ4v) is 6.24. The highest BCUT2D eigenvalue weighted by atomic mass is 16.7. The maximum absolute atomic E-state index is 14.2. The number of aliphatic hydroxyl groups excluding tert-OH is 1. The molecule has 3 N–H and O–H groups in total. The van der Waals surface area contributed by atoms with Crippen LogP contribution >= 0.6 is 0 Å². The van der Waals surface area contributed by atoms with Crippen molar-refractivity contribution in [1.29, 1.82) is 0 Å². The van der Waals surface area contributed by atoms with Gasteiger partial charge in [-0.1, -0.05) is 18.2 Å². The molecule has 0 bridgehead atoms. The van der Waals surface area contributed by atoms with Crippen LogP contribution in [0.3, 0.4) is 0 Å². The van der Waals surface area contributed by atoms with Crippen molar-refractivity contribution in [3.8, 4) is 11.4 Å². The van der Waals surface area contributed by atoms with Crippen molar-refractivity contribution in [2.24, 2.45) is 13.0 Å². The Morgan fingerprint density at radius 2 is 1.85 bits per heavy atom. The summed E-state index contributed by atoms with van der Waals surface area (Å²) in [5, 5.41) is 13.0. The smallest absolute Gasteiger partial charge is 0.286 e. The first-order valence-electron chi connectivity index (χ1n) is 16.4. The molecule has 3 heterocycles. The molecule has 2 aromatic carbocycles. The molecule has 0 unspecified atom stereocenters. The first kappa shape index (κ1) is 35.0. The van der Waals surface area contributed by atoms with E-state index in [4.69, 9.17) is 28.8 Å². The van der Waals surface area contributed by atoms with E-state index in [1.165, 1.54) is 0 Å². The standard InChI is InChI=1S/C36H46N4O8/c1-5-47-36-28(14-17-45-19-20-46-18-16-41)30(33-24(2)39(3)40(35(33)43)26-9-7-6-8-10-26)22-32(48-36)34(42)37-15-13-25-23-38-31-12-11-27(44-4)21-29(25)31/h6-12,21-23,28,30,36,38,41H,5,13-20H2,1-4H3,(H,37,42)/t28-,30-,36+/m0/s1. The second-order valence-electron chi connectivity index (χ2n) is 11.6. The lowest BCUT2D eigenvalue weighted by Crippen LogP contribution is -2.41. The van der Waals surface area contributed by atoms with E-state index in [0.29, 0.717) is 51.4 Å². The van der Waals surface area contributed by atoms with Crippen LogP contribution in [0.1, 0.15) is 36.1 Å². The van der Waals surface area contributed by atoms with E-state index in [2.05, 4.69) is 10.3 Å². The number of aliphatic hydroxyl groups is 1. The number of aromatic nitrogens is 3. The molecular weight excluding hydrogens is 616 g/mol. The minimum atomic E-state index is -0.787. The third-order valence-corrected chi connectivity index (χ3v) is 8.73. The predicted octanol–water partition coefficient (Wildman–Crippen LogP) is 3.73. The summed E-state index contributed by atoms with van der Waals surface area (Å²) >= 11 is 0. The molecule has 48 heavy (non-hydrogen) atoms. The van der Waals surface area contributed by atoms with Gasteiger partial charge in [-0.2, -0.15) is 0 Å². The summed E-state index contributed by atoms with van der Waals surface area (Å²) in [5.41, 5.74) is 3.97. The highest BCUT2D eigenvalue weighted by molar-refractivity contribution is 5.92. The van der Waals surface area contributed by atoms with Crippen LogP contribution in [0.5, 0.6) is 5.75 Å². The highest BCUT2D eigenvalue weighted by Crippen LogP contribution is 2.39. The van der Waals surface area contributed by atoms with E-state index in [0.717, 1.165) is 33.6 Å². The number of methoxy groups -OCH3 is 1. The number of carbonyl (C=O) groups is 1. The minimum Gasteiger partial charge on any atom is -0.497 e. The van der Waals surface area contributed by atoms with Crippen LogP contribution < -0.4 is 15.6 Å². The number of allylic oxidation sites excluding steroid dienone is 1. The molecule has 0 saturated carbocycles. The Bertz CT molecular complexity index is 1740. The fraction of sp³-hybridized carbons (Fsp3) is 0.444. The van der Waals surface area contributed by atoms with E-state index in [1.54, 1.807) is 17.9 Å². The quantitative estimate of drug-likeness (QED) is 0.146. The van der Waals surface area contributed by atoms with E-state index in [-0.39, 0.29) is 36.4 Å². The van der Waals surface area contributed by atoms with Gasteiger partial charge in [0, 0.05) is 67.0 Å². The van der Waals surface area contributed by atoms with Crippen LogP contribution in [0.25, 0.3) is 16.6 Å². The number of H-pyrrole nitrogens is 1. The summed E-state index contributed by atoms with van der Waals surface area (Å²) < 4.78 is 32.4. The van der Waals surface area contributed by atoms with Crippen molar-refractivity contribution < 1.29 is 33.6 Å². The molecule has 0 saturated heterocycles. The van der Waals surface area contributed by atoms with Crippen LogP contribution in [-0.2, 0) is 37.2 Å². The molecular formula is C36H46N4O8. The average Bonchev–Trinajstić information content (AvgIpc) is 3.60. The Kier molecular flexibility index (Phi) is 12.1. The first-order valence-corrected chi connectivity index (χ1v) is 16.4. The molecule has 0 spiro atoms. The van der Waals surface area contributed by atoms with Crippen LogP contribution in [0.2, 0.25) is 0 Å². The fourth-order valence-electron chi connectivity index (χ4n) is 6.24. The van der Waals surface area contributed by atoms with Crippen molar-refractivity contribution in [2.45, 2.75) is 38.9 Å². The zero-order valence-electron chi connectivity index (χ0n) is 28.1. The number of aromatic amines is 1. The van der Waals surface area contributed by atoms with Gasteiger partial charge in [0.05, 0.1) is 39.2 Å². The number of carbonyl (C=O) groups excluding carboxylic acids is 1. The normalized spacial score (nSPS) is 17.7. The lowest BCUT2D eigenvalue weighted by Gasteiger charge is -2.36. The van der Waals surface area contributed by atoms with Gasteiger partial charge in [-0.05, 0) is 68.7 Å². The maximum atomic E-state index is 14.2. The van der Waals surface area contributed by atoms with Gasteiger partial charge in [-0.15, -0.1) is 0 Å². The number of fused-ring (bicyclic) bond motifs is 1. The Labute approximate surface area is 280 Å². The van der Waals surface area contributed by atoms with Gasteiger partial charge in [0.25, 0.3) is 11.5 Å². The largest absolute Gasteiger partial charge is 0.497 e. The number of amides is 1. The molecule has 0 radical (unpaired) electrons. The molecule has 12 heteroatoms. The van der Waals surface area contributed by atoms with Crippen LogP contribution in [-0.4, -0.2) is 84.9 Å². The summed E-state index contributed by atoms with van der Waals surface area (Å²) in [6.07, 6.45) is 4.01. The number of benzene rings is 2. The molecule has 3 atom stereocenters. The predicted molar refractivity (Wildman–Crippen MR) is 181 cm³/mol. The molecule has 0 aliphatic carbocycles. The Hall–Kier alpha value is -4.36. The van der Waals surface area contributed by atoms with Crippen molar-refractivity contribution in [3.05, 3.63) is 93.7 Å². The van der Waals surface area contributed by atoms with Gasteiger partial charge in [-0.25, -0.2) is 4.68 Å². The van der Waals surface area contributed by atoms with E-state index in [1.807, 2.05) is 80.3 Å². The van der Waals surface area contributed by atoms with Gasteiger partial charge in [0.1, 0.15) is 5.75 Å². The number of nitrogens with one attached hydrogen (secondary N) is 2. The molecule has 4 aromatic rings. The van der Waals surface area contributed by atoms with Crippen molar-refractivity contribution >= 4 is 16.8 Å². The molecule has 258 valence electrons. The summed E-state index contributed by atoms with van der Waals surface area (Å²) in [4.78, 5) is 31.1. The van der Waals surface area contributed by atoms with Crippen LogP contribution in [0, 0.1) is 12.8 Å². The number of ether oxygens (including phenoxy) is 5. The first-order chi connectivity index (χ1) is 23.4. The van der Waals surface area contributed by atoms with Gasteiger partial charge < -0.3 is 39.1 Å². The molecule has 12 nitrogen and oxygen atoms in total. The molecule has 1 aliphatic rings. The summed E-state index contributed by atoms with van der Waals surface area (Å²) in [5.74, 6) is -0.315. The van der Waals surface area contributed by atoms with E-state index in [9.17, 15) is 9.59 Å². The van der Waals surface area contributed by atoms with E-state index >= 15 is 0 Å². The van der Waals surface area contributed by atoms with Gasteiger partial charge in [-0.3, -0.25) is 14.3 Å². The Balaban J connectivity index is 1.41. The Morgan fingerprint density at radius 3 is 2.58 bits per heavy atom. The Morgan fingerprint density at radius 1 is 1.08 bits per heavy atom. The summed E-state index contributed by atoms with van der Waals surface area (Å²) in [7, 11) is 3.49. The maximum Gasteiger partial charge on any atom is 0.286 e. The van der Waals surface area contributed by atoms with Crippen molar-refractivity contribution in [3.63, 3.8) is 0 Å². The van der Waals surface area contributed by atoms with Crippen molar-refractivity contribution in [2.75, 3.05) is 53.3 Å². The molecule has 2 aromatic heterocycles. The number of hydrogen-bond acceptors (Lipinski definition) is 8. The second kappa shape index (κ2) is 16.6. The third kappa shape index (κ3) is 7.84. The topological polar surface area (TPSA) is 138 Å². The second-order valence-corrected chi connectivity index (χ2v) is 11.6. The van der Waals surface area contributed by atoms with E-state index < -0.39 is 12.2 Å². The zero-order chi connectivity index (χ0) is 34.0. The van der Waals surface area contributed by atoms with Crippen LogP contribution in [0.4, 0.5) is 0 Å². The number of nitrogens with zero attached hydrogens (tertiary/aromatic N) is 2. The molecule has 0 fully saturated rings. The average molecular weight is 663 g/mol. The molecule has 1 amide bonds. The van der Waals surface area contributed by atoms with Gasteiger partial charge >= 0.3 is 0 Å². The monoisotopic (exact) mass is 662 g/mol. The zero-order valence-corrected chi connectivity index (χ0v) is 28.1. The lowest BCUT2D eigenvalue weighted by molar-refractivity contribution is -0.168.